The molecule has 1 aromatic carbocycles. The Hall–Kier alpha value is -1.00. The minimum absolute atomic E-state index is 0.0589. The average Bonchev–Trinajstić information content (AvgIpc) is 2.49. The summed E-state index contributed by atoms with van der Waals surface area (Å²) in [5, 5.41) is 3.24. The SMILES string of the molecule is CNS(=O)(=O)c1ccc(S(=O)(=O)NC2CCCNC2C)cc1C. The Labute approximate surface area is 138 Å². The molecule has 3 N–H and O–H groups in total. The topological polar surface area (TPSA) is 104 Å². The van der Waals surface area contributed by atoms with Crippen LogP contribution >= 0.6 is 0 Å². The van der Waals surface area contributed by atoms with Crippen LogP contribution in [0, 0.1) is 6.92 Å². The molecule has 1 heterocycles. The number of sulfonamides is 2. The van der Waals surface area contributed by atoms with Crippen molar-refractivity contribution in [3.8, 4) is 0 Å². The highest BCUT2D eigenvalue weighted by Crippen LogP contribution is 2.20. The molecule has 130 valence electrons. The minimum atomic E-state index is -3.69. The summed E-state index contributed by atoms with van der Waals surface area (Å²) < 4.78 is 53.7. The van der Waals surface area contributed by atoms with Gasteiger partial charge >= 0.3 is 0 Å². The maximum Gasteiger partial charge on any atom is 0.240 e. The first-order valence-corrected chi connectivity index (χ1v) is 10.4. The van der Waals surface area contributed by atoms with Crippen LogP contribution in [0.3, 0.4) is 0 Å². The van der Waals surface area contributed by atoms with Crippen molar-refractivity contribution < 1.29 is 16.8 Å². The maximum absolute atomic E-state index is 12.5. The summed E-state index contributed by atoms with van der Waals surface area (Å²) in [6.45, 7) is 4.41. The zero-order valence-corrected chi connectivity index (χ0v) is 15.1. The smallest absolute Gasteiger partial charge is 0.240 e. The fraction of sp³-hybridized carbons (Fsp3) is 0.571. The number of nitrogens with one attached hydrogen (secondary N) is 3. The van der Waals surface area contributed by atoms with Gasteiger partial charge in [0.1, 0.15) is 0 Å². The highest BCUT2D eigenvalue weighted by atomic mass is 32.2. The second-order valence-corrected chi connectivity index (χ2v) is 9.32. The second kappa shape index (κ2) is 6.86. The standard InChI is InChI=1S/C14H23N3O4S2/c1-10-9-12(6-7-14(10)23(20,21)15-3)22(18,19)17-13-5-4-8-16-11(13)2/h6-7,9,11,13,15-17H,4-5,8H2,1-3H3. The van der Waals surface area contributed by atoms with Crippen molar-refractivity contribution in [1.29, 1.82) is 0 Å². The molecule has 1 saturated heterocycles. The van der Waals surface area contributed by atoms with Crippen molar-refractivity contribution in [2.75, 3.05) is 13.6 Å². The fourth-order valence-electron chi connectivity index (χ4n) is 2.67. The Balaban J connectivity index is 2.28. The molecule has 1 aromatic rings. The van der Waals surface area contributed by atoms with E-state index in [0.717, 1.165) is 19.4 Å². The predicted octanol–water partition coefficient (Wildman–Crippen LogP) is 0.322. The molecule has 0 aliphatic carbocycles. The lowest BCUT2D eigenvalue weighted by atomic mass is 10.0. The van der Waals surface area contributed by atoms with Crippen molar-refractivity contribution in [2.24, 2.45) is 0 Å². The van der Waals surface area contributed by atoms with E-state index in [-0.39, 0.29) is 21.9 Å². The van der Waals surface area contributed by atoms with Crippen LogP contribution in [0.4, 0.5) is 0 Å². The molecule has 0 saturated carbocycles. The van der Waals surface area contributed by atoms with E-state index in [9.17, 15) is 16.8 Å². The molecule has 0 aromatic heterocycles. The molecule has 7 nitrogen and oxygen atoms in total. The molecule has 2 rings (SSSR count). The number of benzene rings is 1. The Bertz CT molecular complexity index is 775. The van der Waals surface area contributed by atoms with Gasteiger partial charge in [0.25, 0.3) is 0 Å². The fourth-order valence-corrected chi connectivity index (χ4v) is 5.06. The van der Waals surface area contributed by atoms with Gasteiger partial charge in [0, 0.05) is 12.1 Å². The minimum Gasteiger partial charge on any atom is -0.313 e. The van der Waals surface area contributed by atoms with Gasteiger partial charge in [0.05, 0.1) is 9.79 Å². The van der Waals surface area contributed by atoms with Gasteiger partial charge in [0.15, 0.2) is 0 Å². The first-order chi connectivity index (χ1) is 10.7. The van der Waals surface area contributed by atoms with Crippen molar-refractivity contribution >= 4 is 20.0 Å². The monoisotopic (exact) mass is 361 g/mol. The van der Waals surface area contributed by atoms with Crippen LogP contribution < -0.4 is 14.8 Å². The Morgan fingerprint density at radius 2 is 1.87 bits per heavy atom. The second-order valence-electron chi connectivity index (χ2n) is 5.75. The number of rotatable bonds is 5. The Kier molecular flexibility index (Phi) is 5.47. The average molecular weight is 361 g/mol. The summed E-state index contributed by atoms with van der Waals surface area (Å²) in [7, 11) is -5.97. The molecular weight excluding hydrogens is 338 g/mol. The summed E-state index contributed by atoms with van der Waals surface area (Å²) in [5.74, 6) is 0. The van der Waals surface area contributed by atoms with Gasteiger partial charge in [-0.2, -0.15) is 0 Å². The van der Waals surface area contributed by atoms with Crippen LogP contribution in [0.1, 0.15) is 25.3 Å². The number of aryl methyl sites for hydroxylation is 1. The number of hydrogen-bond acceptors (Lipinski definition) is 5. The predicted molar refractivity (Wildman–Crippen MR) is 88.2 cm³/mol. The van der Waals surface area contributed by atoms with E-state index in [1.54, 1.807) is 6.92 Å². The van der Waals surface area contributed by atoms with Crippen molar-refractivity contribution in [1.82, 2.24) is 14.8 Å². The van der Waals surface area contributed by atoms with E-state index in [0.29, 0.717) is 5.56 Å². The molecule has 2 unspecified atom stereocenters. The molecule has 0 amide bonds. The number of hydrogen-bond donors (Lipinski definition) is 3. The lowest BCUT2D eigenvalue weighted by Crippen LogP contribution is -2.51. The summed E-state index contributed by atoms with van der Waals surface area (Å²) in [6.07, 6.45) is 1.69. The maximum atomic E-state index is 12.5. The quantitative estimate of drug-likeness (QED) is 0.701. The van der Waals surface area contributed by atoms with Crippen molar-refractivity contribution in [3.63, 3.8) is 0 Å². The van der Waals surface area contributed by atoms with E-state index in [2.05, 4.69) is 14.8 Å². The lowest BCUT2D eigenvalue weighted by Gasteiger charge is -2.30. The molecule has 0 spiro atoms. The zero-order valence-electron chi connectivity index (χ0n) is 13.5. The normalized spacial score (nSPS) is 22.9. The molecular formula is C14H23N3O4S2. The highest BCUT2D eigenvalue weighted by molar-refractivity contribution is 7.90. The molecule has 0 radical (unpaired) electrons. The molecule has 0 bridgehead atoms. The summed E-state index contributed by atoms with van der Waals surface area (Å²) in [6, 6.07) is 3.91. The summed E-state index contributed by atoms with van der Waals surface area (Å²) >= 11 is 0. The third-order valence-corrected chi connectivity index (χ3v) is 7.15. The first-order valence-electron chi connectivity index (χ1n) is 7.47. The molecule has 9 heteroatoms. The van der Waals surface area contributed by atoms with Gasteiger partial charge in [-0.25, -0.2) is 26.3 Å². The molecule has 2 atom stereocenters. The molecule has 23 heavy (non-hydrogen) atoms. The largest absolute Gasteiger partial charge is 0.313 e. The van der Waals surface area contributed by atoms with Crippen LogP contribution in [0.5, 0.6) is 0 Å². The Morgan fingerprint density at radius 1 is 1.17 bits per heavy atom. The third-order valence-electron chi connectivity index (χ3n) is 4.08. The van der Waals surface area contributed by atoms with Crippen LogP contribution in [-0.2, 0) is 20.0 Å². The van der Waals surface area contributed by atoms with E-state index >= 15 is 0 Å². The summed E-state index contributed by atoms with van der Waals surface area (Å²) in [5.41, 5.74) is 0.386. The molecule has 1 aliphatic heterocycles. The van der Waals surface area contributed by atoms with Gasteiger partial charge in [-0.15, -0.1) is 0 Å². The van der Waals surface area contributed by atoms with Crippen LogP contribution in [0.15, 0.2) is 28.0 Å². The molecule has 1 aliphatic rings. The Morgan fingerprint density at radius 3 is 2.43 bits per heavy atom. The van der Waals surface area contributed by atoms with Crippen molar-refractivity contribution in [2.45, 2.75) is 48.6 Å². The van der Waals surface area contributed by atoms with Crippen LogP contribution in [0.25, 0.3) is 0 Å². The van der Waals surface area contributed by atoms with E-state index in [1.165, 1.54) is 25.2 Å². The van der Waals surface area contributed by atoms with Crippen LogP contribution in [0.2, 0.25) is 0 Å². The van der Waals surface area contributed by atoms with Gasteiger partial charge in [-0.3, -0.25) is 0 Å². The van der Waals surface area contributed by atoms with Crippen LogP contribution in [-0.4, -0.2) is 42.5 Å². The lowest BCUT2D eigenvalue weighted by molar-refractivity contribution is 0.349. The zero-order chi connectivity index (χ0) is 17.3. The van der Waals surface area contributed by atoms with Gasteiger partial charge in [-0.05, 0) is 64.0 Å². The van der Waals surface area contributed by atoms with Gasteiger partial charge < -0.3 is 5.32 Å². The first kappa shape index (κ1) is 18.3. The van der Waals surface area contributed by atoms with E-state index in [1.807, 2.05) is 6.92 Å². The third kappa shape index (κ3) is 4.10. The number of piperidine rings is 1. The molecule has 1 fully saturated rings. The highest BCUT2D eigenvalue weighted by Gasteiger charge is 2.27. The van der Waals surface area contributed by atoms with Gasteiger partial charge in [-0.1, -0.05) is 0 Å². The van der Waals surface area contributed by atoms with Crippen molar-refractivity contribution in [3.05, 3.63) is 23.8 Å². The summed E-state index contributed by atoms with van der Waals surface area (Å²) in [4.78, 5) is 0.148. The van der Waals surface area contributed by atoms with E-state index < -0.39 is 20.0 Å². The van der Waals surface area contributed by atoms with E-state index in [4.69, 9.17) is 0 Å². The van der Waals surface area contributed by atoms with Gasteiger partial charge in [0.2, 0.25) is 20.0 Å².